The van der Waals surface area contributed by atoms with Crippen molar-refractivity contribution in [1.82, 2.24) is 15.1 Å². The van der Waals surface area contributed by atoms with Crippen molar-refractivity contribution >= 4 is 5.91 Å². The lowest BCUT2D eigenvalue weighted by atomic mass is 9.93. The third kappa shape index (κ3) is 5.28. The fourth-order valence-corrected chi connectivity index (χ4v) is 3.27. The van der Waals surface area contributed by atoms with E-state index in [4.69, 9.17) is 0 Å². The highest BCUT2D eigenvalue weighted by Crippen LogP contribution is 2.22. The molecule has 134 valence electrons. The molecule has 0 radical (unpaired) electrons. The number of rotatable bonds is 7. The van der Waals surface area contributed by atoms with E-state index < -0.39 is 0 Å². The van der Waals surface area contributed by atoms with Crippen LogP contribution in [0.4, 0.5) is 4.39 Å². The molecule has 0 aromatic heterocycles. The van der Waals surface area contributed by atoms with Gasteiger partial charge in [0.05, 0.1) is 12.6 Å². The smallest absolute Gasteiger partial charge is 0.236 e. The van der Waals surface area contributed by atoms with Crippen molar-refractivity contribution in [1.29, 1.82) is 0 Å². The summed E-state index contributed by atoms with van der Waals surface area (Å²) in [7, 11) is 3.82. The molecule has 0 spiro atoms. The van der Waals surface area contributed by atoms with Gasteiger partial charge in [0, 0.05) is 7.05 Å². The van der Waals surface area contributed by atoms with Gasteiger partial charge >= 0.3 is 0 Å². The molecule has 0 saturated carbocycles. The van der Waals surface area contributed by atoms with E-state index in [2.05, 4.69) is 10.2 Å². The van der Waals surface area contributed by atoms with Gasteiger partial charge in [-0.25, -0.2) is 4.39 Å². The number of likely N-dealkylation sites (tertiary alicyclic amines) is 1. The Morgan fingerprint density at radius 2 is 1.96 bits per heavy atom. The van der Waals surface area contributed by atoms with Crippen molar-refractivity contribution in [2.24, 2.45) is 5.92 Å². The molecule has 2 rings (SSSR count). The Morgan fingerprint density at radius 3 is 2.54 bits per heavy atom. The first-order chi connectivity index (χ1) is 11.5. The van der Waals surface area contributed by atoms with Crippen LogP contribution < -0.4 is 5.32 Å². The Morgan fingerprint density at radius 1 is 1.33 bits per heavy atom. The molecule has 1 unspecified atom stereocenters. The lowest BCUT2D eigenvalue weighted by Crippen LogP contribution is -2.43. The molecule has 1 aliphatic rings. The quantitative estimate of drug-likeness (QED) is 0.832. The second kappa shape index (κ2) is 9.14. The molecule has 1 aromatic carbocycles. The second-order valence-corrected chi connectivity index (χ2v) is 6.84. The minimum atomic E-state index is -0.249. The molecule has 1 aliphatic heterocycles. The highest BCUT2D eigenvalue weighted by Gasteiger charge is 2.23. The van der Waals surface area contributed by atoms with Crippen LogP contribution in [0.3, 0.4) is 0 Å². The van der Waals surface area contributed by atoms with Gasteiger partial charge in [-0.1, -0.05) is 12.1 Å². The minimum absolute atomic E-state index is 0.0498. The fourth-order valence-electron chi connectivity index (χ4n) is 3.27. The number of halogens is 1. The predicted octanol–water partition coefficient (Wildman–Crippen LogP) is 2.67. The molecule has 1 fully saturated rings. The Labute approximate surface area is 145 Å². The third-order valence-corrected chi connectivity index (χ3v) is 5.20. The highest BCUT2D eigenvalue weighted by atomic mass is 19.1. The zero-order valence-electron chi connectivity index (χ0n) is 15.1. The van der Waals surface area contributed by atoms with Crippen LogP contribution in [-0.4, -0.2) is 56.0 Å². The monoisotopic (exact) mass is 335 g/mol. The lowest BCUT2D eigenvalue weighted by Gasteiger charge is -2.33. The van der Waals surface area contributed by atoms with Gasteiger partial charge in [0.25, 0.3) is 0 Å². The minimum Gasteiger partial charge on any atom is -0.338 e. The molecule has 1 N–H and O–H groups in total. The maximum Gasteiger partial charge on any atom is 0.236 e. The maximum absolute atomic E-state index is 13.0. The molecule has 0 bridgehead atoms. The summed E-state index contributed by atoms with van der Waals surface area (Å²) in [6, 6.07) is 6.33. The number of nitrogens with zero attached hydrogens (tertiary/aromatic N) is 2. The molecule has 24 heavy (non-hydrogen) atoms. The Hall–Kier alpha value is -1.46. The van der Waals surface area contributed by atoms with E-state index in [1.54, 1.807) is 17.0 Å². The molecule has 0 aliphatic carbocycles. The topological polar surface area (TPSA) is 35.6 Å². The van der Waals surface area contributed by atoms with E-state index in [1.165, 1.54) is 31.4 Å². The standard InChI is InChI=1S/C19H30FN3O/c1-15(17-4-6-18(20)7-5-17)22(3)19(24)14-23-12-9-16(10-13-23)8-11-21-2/h4-7,15-16,21H,8-14H2,1-3H3. The number of carbonyl (C=O) groups is 1. The molecule has 1 amide bonds. The van der Waals surface area contributed by atoms with E-state index in [0.29, 0.717) is 6.54 Å². The first kappa shape index (κ1) is 18.9. The molecule has 1 aromatic rings. The summed E-state index contributed by atoms with van der Waals surface area (Å²) in [6.45, 7) is 5.52. The van der Waals surface area contributed by atoms with Crippen LogP contribution in [-0.2, 0) is 4.79 Å². The van der Waals surface area contributed by atoms with E-state index >= 15 is 0 Å². The summed E-state index contributed by atoms with van der Waals surface area (Å²) in [5, 5.41) is 3.21. The second-order valence-electron chi connectivity index (χ2n) is 6.84. The van der Waals surface area contributed by atoms with Gasteiger partial charge in [0.1, 0.15) is 5.82 Å². The largest absolute Gasteiger partial charge is 0.338 e. The summed E-state index contributed by atoms with van der Waals surface area (Å²) >= 11 is 0. The zero-order chi connectivity index (χ0) is 17.5. The highest BCUT2D eigenvalue weighted by molar-refractivity contribution is 5.78. The van der Waals surface area contributed by atoms with Gasteiger partial charge in [0.15, 0.2) is 0 Å². The van der Waals surface area contributed by atoms with E-state index in [0.717, 1.165) is 31.1 Å². The average Bonchev–Trinajstić information content (AvgIpc) is 2.60. The number of piperidine rings is 1. The first-order valence-electron chi connectivity index (χ1n) is 8.89. The van der Waals surface area contributed by atoms with E-state index in [-0.39, 0.29) is 17.8 Å². The van der Waals surface area contributed by atoms with Crippen LogP contribution in [0.2, 0.25) is 0 Å². The first-order valence-corrected chi connectivity index (χ1v) is 8.89. The summed E-state index contributed by atoms with van der Waals surface area (Å²) < 4.78 is 13.0. The van der Waals surface area contributed by atoms with Crippen LogP contribution in [0.25, 0.3) is 0 Å². The zero-order valence-corrected chi connectivity index (χ0v) is 15.1. The van der Waals surface area contributed by atoms with Crippen molar-refractivity contribution in [3.8, 4) is 0 Å². The number of amides is 1. The van der Waals surface area contributed by atoms with Crippen molar-refractivity contribution in [3.63, 3.8) is 0 Å². The molecule has 1 saturated heterocycles. The fraction of sp³-hybridized carbons (Fsp3) is 0.632. The van der Waals surface area contributed by atoms with Gasteiger partial charge in [-0.05, 0) is 76.5 Å². The van der Waals surface area contributed by atoms with Gasteiger partial charge < -0.3 is 10.2 Å². The third-order valence-electron chi connectivity index (χ3n) is 5.20. The van der Waals surface area contributed by atoms with Gasteiger partial charge in [-0.15, -0.1) is 0 Å². The van der Waals surface area contributed by atoms with Crippen LogP contribution in [0.15, 0.2) is 24.3 Å². The summed E-state index contributed by atoms with van der Waals surface area (Å²) in [5.41, 5.74) is 0.957. The average molecular weight is 335 g/mol. The van der Waals surface area contributed by atoms with Crippen molar-refractivity contribution in [2.75, 3.05) is 40.3 Å². The summed E-state index contributed by atoms with van der Waals surface area (Å²) in [6.07, 6.45) is 3.57. The van der Waals surface area contributed by atoms with Crippen molar-refractivity contribution < 1.29 is 9.18 Å². The summed E-state index contributed by atoms with van der Waals surface area (Å²) in [4.78, 5) is 16.6. The number of hydrogen-bond acceptors (Lipinski definition) is 3. The van der Waals surface area contributed by atoms with Crippen LogP contribution in [0.1, 0.15) is 37.8 Å². The number of likely N-dealkylation sites (N-methyl/N-ethyl adjacent to an activating group) is 1. The number of nitrogens with one attached hydrogen (secondary N) is 1. The van der Waals surface area contributed by atoms with Crippen molar-refractivity contribution in [2.45, 2.75) is 32.2 Å². The lowest BCUT2D eigenvalue weighted by molar-refractivity contribution is -0.133. The summed E-state index contributed by atoms with van der Waals surface area (Å²) in [5.74, 6) is 0.654. The molecule has 5 heteroatoms. The maximum atomic E-state index is 13.0. The Bertz CT molecular complexity index is 512. The van der Waals surface area contributed by atoms with Gasteiger partial charge in [0.2, 0.25) is 5.91 Å². The van der Waals surface area contributed by atoms with Crippen molar-refractivity contribution in [3.05, 3.63) is 35.6 Å². The molecular weight excluding hydrogens is 305 g/mol. The van der Waals surface area contributed by atoms with E-state index in [9.17, 15) is 9.18 Å². The predicted molar refractivity (Wildman–Crippen MR) is 95.3 cm³/mol. The number of benzene rings is 1. The number of hydrogen-bond donors (Lipinski definition) is 1. The SMILES string of the molecule is CNCCC1CCN(CC(=O)N(C)C(C)c2ccc(F)cc2)CC1. The van der Waals surface area contributed by atoms with Crippen LogP contribution in [0.5, 0.6) is 0 Å². The molecule has 1 atom stereocenters. The molecular formula is C19H30FN3O. The van der Waals surface area contributed by atoms with Crippen LogP contribution >= 0.6 is 0 Å². The normalized spacial score (nSPS) is 17.7. The van der Waals surface area contributed by atoms with Crippen LogP contribution in [0, 0.1) is 11.7 Å². The number of carbonyl (C=O) groups excluding carboxylic acids is 1. The van der Waals surface area contributed by atoms with Gasteiger partial charge in [-0.2, -0.15) is 0 Å². The van der Waals surface area contributed by atoms with Gasteiger partial charge in [-0.3, -0.25) is 9.69 Å². The molecule has 4 nitrogen and oxygen atoms in total. The Balaban J connectivity index is 1.80. The molecule has 1 heterocycles. The Kier molecular flexibility index (Phi) is 7.18. The van der Waals surface area contributed by atoms with E-state index in [1.807, 2.05) is 21.0 Å².